The first-order valence-corrected chi connectivity index (χ1v) is 15.2. The Balaban J connectivity index is 1.40. The van der Waals surface area contributed by atoms with E-state index in [-0.39, 0.29) is 17.5 Å². The van der Waals surface area contributed by atoms with E-state index in [9.17, 15) is 13.2 Å². The number of rotatable bonds is 11. The fraction of sp³-hybridized carbons (Fsp3) is 0.536. The molecule has 37 heavy (non-hydrogen) atoms. The van der Waals surface area contributed by atoms with Crippen LogP contribution in [0.3, 0.4) is 0 Å². The van der Waals surface area contributed by atoms with E-state index >= 15 is 0 Å². The SMILES string of the molecule is O=C(NCCCN1CCCC1)OC[C@H]1CCC[C@@H](CCc2ccccc2)N1S(=O)(=O)c1ccc(Cl)cc1. The molecule has 2 saturated heterocycles. The average Bonchev–Trinajstić information content (AvgIpc) is 3.43. The molecule has 0 aliphatic carbocycles. The van der Waals surface area contributed by atoms with Crippen LogP contribution in [0.1, 0.15) is 50.5 Å². The molecule has 2 heterocycles. The van der Waals surface area contributed by atoms with E-state index < -0.39 is 22.2 Å². The van der Waals surface area contributed by atoms with Crippen LogP contribution in [0.4, 0.5) is 4.79 Å². The maximum atomic E-state index is 13.8. The minimum absolute atomic E-state index is 0.0343. The van der Waals surface area contributed by atoms with Crippen LogP contribution in [0.2, 0.25) is 5.02 Å². The van der Waals surface area contributed by atoms with E-state index in [1.54, 1.807) is 28.6 Å². The summed E-state index contributed by atoms with van der Waals surface area (Å²) in [4.78, 5) is 15.0. The summed E-state index contributed by atoms with van der Waals surface area (Å²) in [5.41, 5.74) is 1.18. The maximum Gasteiger partial charge on any atom is 0.407 e. The van der Waals surface area contributed by atoms with Gasteiger partial charge >= 0.3 is 6.09 Å². The van der Waals surface area contributed by atoms with Gasteiger partial charge in [-0.2, -0.15) is 4.31 Å². The van der Waals surface area contributed by atoms with Gasteiger partial charge in [-0.3, -0.25) is 0 Å². The molecule has 2 fully saturated rings. The molecule has 2 aromatic rings. The zero-order valence-corrected chi connectivity index (χ0v) is 22.9. The lowest BCUT2D eigenvalue weighted by Gasteiger charge is -2.40. The summed E-state index contributed by atoms with van der Waals surface area (Å²) in [5, 5.41) is 3.31. The summed E-state index contributed by atoms with van der Waals surface area (Å²) in [6, 6.07) is 15.8. The van der Waals surface area contributed by atoms with Crippen molar-refractivity contribution in [2.24, 2.45) is 0 Å². The Labute approximate surface area is 226 Å². The van der Waals surface area contributed by atoms with Crippen LogP contribution in [0.5, 0.6) is 0 Å². The lowest BCUT2D eigenvalue weighted by atomic mass is 9.94. The number of aryl methyl sites for hydroxylation is 1. The smallest absolute Gasteiger partial charge is 0.407 e. The Kier molecular flexibility index (Phi) is 10.3. The van der Waals surface area contributed by atoms with E-state index in [2.05, 4.69) is 22.3 Å². The van der Waals surface area contributed by atoms with Crippen LogP contribution < -0.4 is 5.32 Å². The molecule has 0 unspecified atom stereocenters. The first-order valence-electron chi connectivity index (χ1n) is 13.4. The molecule has 0 bridgehead atoms. The van der Waals surface area contributed by atoms with E-state index in [0.717, 1.165) is 45.3 Å². The molecule has 0 spiro atoms. The maximum absolute atomic E-state index is 13.8. The van der Waals surface area contributed by atoms with Gasteiger partial charge in [0, 0.05) is 17.6 Å². The van der Waals surface area contributed by atoms with E-state index in [1.165, 1.54) is 18.4 Å². The molecule has 4 rings (SSSR count). The molecule has 9 heteroatoms. The third-order valence-corrected chi connectivity index (χ3v) is 9.59. The van der Waals surface area contributed by atoms with E-state index in [1.807, 2.05) is 18.2 Å². The molecule has 1 amide bonds. The lowest BCUT2D eigenvalue weighted by molar-refractivity contribution is 0.0832. The van der Waals surface area contributed by atoms with Gasteiger partial charge in [0.1, 0.15) is 6.61 Å². The van der Waals surface area contributed by atoms with Gasteiger partial charge in [0.25, 0.3) is 0 Å². The molecule has 2 aliphatic heterocycles. The monoisotopic (exact) mass is 547 g/mol. The summed E-state index contributed by atoms with van der Waals surface area (Å²) < 4.78 is 34.8. The summed E-state index contributed by atoms with van der Waals surface area (Å²) in [5.74, 6) is 0. The number of ether oxygens (including phenoxy) is 1. The first kappa shape index (κ1) is 27.9. The number of piperidine rings is 1. The van der Waals surface area contributed by atoms with Gasteiger partial charge in [-0.1, -0.05) is 48.4 Å². The number of hydrogen-bond donors (Lipinski definition) is 1. The van der Waals surface area contributed by atoms with Crippen molar-refractivity contribution in [3.05, 3.63) is 65.2 Å². The van der Waals surface area contributed by atoms with Crippen LogP contribution in [-0.4, -0.2) is 68.6 Å². The van der Waals surface area contributed by atoms with E-state index in [4.69, 9.17) is 16.3 Å². The van der Waals surface area contributed by atoms with Gasteiger partial charge in [0.15, 0.2) is 0 Å². The molecule has 2 aliphatic rings. The van der Waals surface area contributed by atoms with Crippen molar-refractivity contribution >= 4 is 27.7 Å². The highest BCUT2D eigenvalue weighted by molar-refractivity contribution is 7.89. The Bertz CT molecular complexity index is 1090. The molecule has 0 aromatic heterocycles. The molecular formula is C28H38ClN3O4S. The van der Waals surface area contributed by atoms with Crippen molar-refractivity contribution in [2.45, 2.75) is 68.3 Å². The minimum Gasteiger partial charge on any atom is -0.448 e. The predicted molar refractivity (Wildman–Crippen MR) is 146 cm³/mol. The minimum atomic E-state index is -3.80. The highest BCUT2D eigenvalue weighted by Crippen LogP contribution is 2.33. The first-order chi connectivity index (χ1) is 17.9. The van der Waals surface area contributed by atoms with Crippen molar-refractivity contribution in [2.75, 3.05) is 32.8 Å². The number of nitrogens with one attached hydrogen (secondary N) is 1. The predicted octanol–water partition coefficient (Wildman–Crippen LogP) is 5.10. The molecule has 2 atom stereocenters. The fourth-order valence-electron chi connectivity index (χ4n) is 5.39. The van der Waals surface area contributed by atoms with E-state index in [0.29, 0.717) is 24.4 Å². The van der Waals surface area contributed by atoms with Gasteiger partial charge in [-0.25, -0.2) is 13.2 Å². The number of alkyl carbamates (subject to hydrolysis) is 1. The second kappa shape index (κ2) is 13.6. The number of benzene rings is 2. The Morgan fingerprint density at radius 1 is 0.973 bits per heavy atom. The topological polar surface area (TPSA) is 79.0 Å². The number of amides is 1. The summed E-state index contributed by atoms with van der Waals surface area (Å²) in [6.45, 7) is 3.82. The van der Waals surface area contributed by atoms with Crippen LogP contribution in [0.15, 0.2) is 59.5 Å². The largest absolute Gasteiger partial charge is 0.448 e. The molecule has 0 saturated carbocycles. The summed E-state index contributed by atoms with van der Waals surface area (Å²) >= 11 is 6.02. The number of hydrogen-bond acceptors (Lipinski definition) is 5. The number of likely N-dealkylation sites (tertiary alicyclic amines) is 1. The molecule has 1 N–H and O–H groups in total. The van der Waals surface area contributed by atoms with Gasteiger partial charge in [-0.15, -0.1) is 0 Å². The Morgan fingerprint density at radius 3 is 2.41 bits per heavy atom. The Morgan fingerprint density at radius 2 is 1.68 bits per heavy atom. The van der Waals surface area contributed by atoms with Crippen molar-refractivity contribution in [3.63, 3.8) is 0 Å². The highest BCUT2D eigenvalue weighted by Gasteiger charge is 2.40. The van der Waals surface area contributed by atoms with Gasteiger partial charge in [0.2, 0.25) is 10.0 Å². The van der Waals surface area contributed by atoms with Crippen LogP contribution in [0, 0.1) is 0 Å². The third kappa shape index (κ3) is 7.93. The highest BCUT2D eigenvalue weighted by atomic mass is 35.5. The number of sulfonamides is 1. The molecular weight excluding hydrogens is 510 g/mol. The van der Waals surface area contributed by atoms with Crippen LogP contribution in [-0.2, 0) is 21.2 Å². The Hall–Kier alpha value is -2.13. The van der Waals surface area contributed by atoms with Crippen LogP contribution in [0.25, 0.3) is 0 Å². The summed E-state index contributed by atoms with van der Waals surface area (Å²) in [7, 11) is -3.80. The van der Waals surface area contributed by atoms with Crippen molar-refractivity contribution in [1.29, 1.82) is 0 Å². The second-order valence-electron chi connectivity index (χ2n) is 9.98. The molecule has 2 aromatic carbocycles. The second-order valence-corrected chi connectivity index (χ2v) is 12.3. The van der Waals surface area contributed by atoms with Crippen molar-refractivity contribution < 1.29 is 17.9 Å². The van der Waals surface area contributed by atoms with Gasteiger partial charge in [0.05, 0.1) is 10.9 Å². The number of nitrogens with zero attached hydrogens (tertiary/aromatic N) is 2. The standard InChI is InChI=1S/C28H38ClN3O4S/c29-24-13-16-27(17-14-24)37(34,35)32-25(15-12-23-8-2-1-3-9-23)10-6-11-26(32)22-36-28(33)30-18-7-21-31-19-4-5-20-31/h1-3,8-9,13-14,16-17,25-26H,4-7,10-12,15,18-22H2,(H,30,33)/t25-,26+/m0/s1. The average molecular weight is 548 g/mol. The normalized spacial score (nSPS) is 21.1. The molecule has 202 valence electrons. The quantitative estimate of drug-likeness (QED) is 0.396. The number of carbonyl (C=O) groups is 1. The van der Waals surface area contributed by atoms with Gasteiger partial charge in [-0.05, 0) is 94.4 Å². The fourth-order valence-corrected chi connectivity index (χ4v) is 7.40. The zero-order valence-electron chi connectivity index (χ0n) is 21.4. The summed E-state index contributed by atoms with van der Waals surface area (Å²) in [6.07, 6.45) is 6.68. The van der Waals surface area contributed by atoms with Gasteiger partial charge < -0.3 is 15.0 Å². The molecule has 0 radical (unpaired) electrons. The molecule has 7 nitrogen and oxygen atoms in total. The zero-order chi connectivity index (χ0) is 26.1. The lowest BCUT2D eigenvalue weighted by Crippen LogP contribution is -2.52. The third-order valence-electron chi connectivity index (χ3n) is 7.32. The van der Waals surface area contributed by atoms with Crippen LogP contribution >= 0.6 is 11.6 Å². The van der Waals surface area contributed by atoms with Crippen molar-refractivity contribution in [3.8, 4) is 0 Å². The number of carbonyl (C=O) groups excluding carboxylic acids is 1. The number of halogens is 1. The van der Waals surface area contributed by atoms with Crippen molar-refractivity contribution in [1.82, 2.24) is 14.5 Å².